The van der Waals surface area contributed by atoms with Gasteiger partial charge in [-0.3, -0.25) is 9.78 Å². The average molecular weight is 411 g/mol. The van der Waals surface area contributed by atoms with E-state index in [9.17, 15) is 4.79 Å². The highest BCUT2D eigenvalue weighted by atomic mass is 16.6. The first-order valence-electron chi connectivity index (χ1n) is 11.9. The Morgan fingerprint density at radius 2 is 1.90 bits per heavy atom. The van der Waals surface area contributed by atoms with E-state index in [1.54, 1.807) is 12.4 Å². The van der Waals surface area contributed by atoms with Gasteiger partial charge in [0.2, 0.25) is 0 Å². The zero-order chi connectivity index (χ0) is 20.4. The Bertz CT molecular complexity index is 767. The SMILES string of the molecule is O=C(NCCc1ccncc1)C1=NO[C@@H]2CCC3(CCN(CC4CCCC4)CC3)[C@H]12. The van der Waals surface area contributed by atoms with E-state index in [0.29, 0.717) is 12.3 Å². The molecule has 3 fully saturated rings. The molecule has 30 heavy (non-hydrogen) atoms. The van der Waals surface area contributed by atoms with Crippen molar-refractivity contribution in [1.82, 2.24) is 15.2 Å². The summed E-state index contributed by atoms with van der Waals surface area (Å²) in [7, 11) is 0. The third kappa shape index (κ3) is 3.98. The van der Waals surface area contributed by atoms with Gasteiger partial charge in [-0.05, 0) is 87.1 Å². The fourth-order valence-corrected chi connectivity index (χ4v) is 6.35. The number of aromatic nitrogens is 1. The number of carbonyl (C=O) groups excluding carboxylic acids is 1. The van der Waals surface area contributed by atoms with E-state index in [2.05, 4.69) is 20.4 Å². The van der Waals surface area contributed by atoms with Crippen LogP contribution in [0.2, 0.25) is 0 Å². The highest BCUT2D eigenvalue weighted by molar-refractivity contribution is 6.40. The van der Waals surface area contributed by atoms with Crippen LogP contribution >= 0.6 is 0 Å². The smallest absolute Gasteiger partial charge is 0.269 e. The van der Waals surface area contributed by atoms with E-state index >= 15 is 0 Å². The number of rotatable bonds is 6. The minimum Gasteiger partial charge on any atom is -0.391 e. The highest BCUT2D eigenvalue weighted by Crippen LogP contribution is 2.54. The van der Waals surface area contributed by atoms with Crippen LogP contribution in [0.5, 0.6) is 0 Å². The van der Waals surface area contributed by atoms with Gasteiger partial charge < -0.3 is 15.1 Å². The lowest BCUT2D eigenvalue weighted by molar-refractivity contribution is -0.115. The first-order chi connectivity index (χ1) is 14.7. The lowest BCUT2D eigenvalue weighted by Crippen LogP contribution is -2.48. The van der Waals surface area contributed by atoms with E-state index in [1.807, 2.05) is 12.1 Å². The number of likely N-dealkylation sites (tertiary alicyclic amines) is 1. The average Bonchev–Trinajstić information content (AvgIpc) is 3.50. The Kier molecular flexibility index (Phi) is 5.77. The Morgan fingerprint density at radius 1 is 1.13 bits per heavy atom. The molecule has 2 aliphatic heterocycles. The maximum absolute atomic E-state index is 13.0. The van der Waals surface area contributed by atoms with Gasteiger partial charge in [0.1, 0.15) is 6.10 Å². The molecule has 1 amide bonds. The molecule has 2 saturated carbocycles. The normalized spacial score (nSPS) is 28.3. The summed E-state index contributed by atoms with van der Waals surface area (Å²) in [4.78, 5) is 25.4. The molecule has 2 atom stereocenters. The van der Waals surface area contributed by atoms with Crippen molar-refractivity contribution in [3.63, 3.8) is 0 Å². The first kappa shape index (κ1) is 20.0. The summed E-state index contributed by atoms with van der Waals surface area (Å²) in [6.07, 6.45) is 14.7. The Morgan fingerprint density at radius 3 is 2.67 bits per heavy atom. The second-order valence-electron chi connectivity index (χ2n) is 9.81. The minimum absolute atomic E-state index is 0.0359. The van der Waals surface area contributed by atoms with Gasteiger partial charge in [0.25, 0.3) is 5.91 Å². The standard InChI is InChI=1S/C24H34N4O2/c29-23(26-14-8-18-6-12-25-13-7-18)22-21-20(30-27-22)5-9-24(21)10-15-28(16-11-24)17-19-3-1-2-4-19/h6-7,12-13,19-21H,1-5,8-11,14-17H2,(H,26,29)/t20-,21+/m1/s1. The Hall–Kier alpha value is -1.95. The van der Waals surface area contributed by atoms with Crippen molar-refractivity contribution in [2.45, 2.75) is 63.9 Å². The van der Waals surface area contributed by atoms with Crippen LogP contribution in [0.25, 0.3) is 0 Å². The number of hydrogen-bond acceptors (Lipinski definition) is 5. The lowest BCUT2D eigenvalue weighted by atomic mass is 9.68. The predicted molar refractivity (Wildman–Crippen MR) is 116 cm³/mol. The topological polar surface area (TPSA) is 66.8 Å². The van der Waals surface area contributed by atoms with E-state index in [4.69, 9.17) is 4.84 Å². The third-order valence-electron chi connectivity index (χ3n) is 8.06. The van der Waals surface area contributed by atoms with Gasteiger partial charge in [-0.15, -0.1) is 0 Å². The monoisotopic (exact) mass is 410 g/mol. The van der Waals surface area contributed by atoms with Crippen molar-refractivity contribution in [2.24, 2.45) is 22.4 Å². The zero-order valence-corrected chi connectivity index (χ0v) is 17.9. The quantitative estimate of drug-likeness (QED) is 0.782. The highest BCUT2D eigenvalue weighted by Gasteiger charge is 2.57. The summed E-state index contributed by atoms with van der Waals surface area (Å²) in [5.74, 6) is 1.05. The number of hydrogen-bond donors (Lipinski definition) is 1. The molecule has 6 heteroatoms. The molecule has 6 nitrogen and oxygen atoms in total. The molecule has 5 rings (SSSR count). The van der Waals surface area contributed by atoms with Crippen LogP contribution in [0.1, 0.15) is 56.9 Å². The number of carbonyl (C=O) groups is 1. The van der Waals surface area contributed by atoms with Crippen LogP contribution in [0.3, 0.4) is 0 Å². The van der Waals surface area contributed by atoms with Gasteiger partial charge in [-0.2, -0.15) is 0 Å². The molecule has 0 radical (unpaired) electrons. The third-order valence-corrected chi connectivity index (χ3v) is 8.06. The summed E-state index contributed by atoms with van der Waals surface area (Å²) >= 11 is 0. The number of amides is 1. The molecule has 1 aromatic heterocycles. The molecule has 1 spiro atoms. The van der Waals surface area contributed by atoms with Crippen LogP contribution < -0.4 is 5.32 Å². The maximum atomic E-state index is 13.0. The molecular weight excluding hydrogens is 376 g/mol. The molecule has 0 aromatic carbocycles. The lowest BCUT2D eigenvalue weighted by Gasteiger charge is -2.43. The largest absolute Gasteiger partial charge is 0.391 e. The van der Waals surface area contributed by atoms with Gasteiger partial charge in [-0.1, -0.05) is 18.0 Å². The number of nitrogens with zero attached hydrogens (tertiary/aromatic N) is 3. The number of piperidine rings is 1. The zero-order valence-electron chi connectivity index (χ0n) is 17.9. The van der Waals surface area contributed by atoms with Gasteiger partial charge in [0.05, 0.1) is 5.92 Å². The summed E-state index contributed by atoms with van der Waals surface area (Å²) in [6, 6.07) is 3.98. The molecule has 1 aromatic rings. The van der Waals surface area contributed by atoms with E-state index < -0.39 is 0 Å². The van der Waals surface area contributed by atoms with Crippen LogP contribution in [0.4, 0.5) is 0 Å². The van der Waals surface area contributed by atoms with Crippen molar-refractivity contribution in [2.75, 3.05) is 26.2 Å². The van der Waals surface area contributed by atoms with Crippen LogP contribution in [-0.4, -0.2) is 53.8 Å². The number of oxime groups is 1. The molecule has 1 saturated heterocycles. The number of fused-ring (bicyclic) bond motifs is 2. The Labute approximate surface area is 179 Å². The van der Waals surface area contributed by atoms with Crippen molar-refractivity contribution >= 4 is 11.6 Å². The van der Waals surface area contributed by atoms with E-state index in [0.717, 1.165) is 31.8 Å². The van der Waals surface area contributed by atoms with Crippen LogP contribution in [0.15, 0.2) is 29.7 Å². The Balaban J connectivity index is 1.17. The molecule has 162 valence electrons. The van der Waals surface area contributed by atoms with Crippen LogP contribution in [0, 0.1) is 17.3 Å². The summed E-state index contributed by atoms with van der Waals surface area (Å²) in [5.41, 5.74) is 2.03. The minimum atomic E-state index is -0.0359. The second-order valence-corrected chi connectivity index (χ2v) is 9.81. The van der Waals surface area contributed by atoms with Crippen molar-refractivity contribution < 1.29 is 9.63 Å². The first-order valence-corrected chi connectivity index (χ1v) is 11.9. The van der Waals surface area contributed by atoms with Gasteiger partial charge in [0, 0.05) is 25.5 Å². The van der Waals surface area contributed by atoms with E-state index in [-0.39, 0.29) is 23.3 Å². The molecular formula is C24H34N4O2. The summed E-state index contributed by atoms with van der Waals surface area (Å²) in [6.45, 7) is 4.21. The maximum Gasteiger partial charge on any atom is 0.269 e. The fourth-order valence-electron chi connectivity index (χ4n) is 6.35. The molecule has 3 heterocycles. The van der Waals surface area contributed by atoms with Gasteiger partial charge in [0.15, 0.2) is 5.71 Å². The van der Waals surface area contributed by atoms with Gasteiger partial charge in [-0.25, -0.2) is 0 Å². The fraction of sp³-hybridized carbons (Fsp3) is 0.708. The van der Waals surface area contributed by atoms with Crippen molar-refractivity contribution in [3.05, 3.63) is 30.1 Å². The second kappa shape index (κ2) is 8.66. The molecule has 2 aliphatic carbocycles. The van der Waals surface area contributed by atoms with Gasteiger partial charge >= 0.3 is 0 Å². The summed E-state index contributed by atoms with van der Waals surface area (Å²) < 4.78 is 0. The molecule has 0 bridgehead atoms. The molecule has 4 aliphatic rings. The number of pyridine rings is 1. The van der Waals surface area contributed by atoms with E-state index in [1.165, 1.54) is 57.1 Å². The van der Waals surface area contributed by atoms with Crippen molar-refractivity contribution in [3.8, 4) is 0 Å². The van der Waals surface area contributed by atoms with Crippen LogP contribution in [-0.2, 0) is 16.1 Å². The predicted octanol–water partition coefficient (Wildman–Crippen LogP) is 3.18. The van der Waals surface area contributed by atoms with Crippen molar-refractivity contribution in [1.29, 1.82) is 0 Å². The number of nitrogens with one attached hydrogen (secondary N) is 1. The molecule has 0 unspecified atom stereocenters. The molecule has 1 N–H and O–H groups in total. The summed E-state index contributed by atoms with van der Waals surface area (Å²) in [5, 5.41) is 7.36.